The van der Waals surface area contributed by atoms with E-state index in [-0.39, 0.29) is 36.9 Å². The highest BCUT2D eigenvalue weighted by Crippen LogP contribution is 2.42. The summed E-state index contributed by atoms with van der Waals surface area (Å²) in [5, 5.41) is 15.2. The normalized spacial score (nSPS) is 17.1. The van der Waals surface area contributed by atoms with Crippen LogP contribution in [0.1, 0.15) is 41.7 Å². The van der Waals surface area contributed by atoms with Gasteiger partial charge in [0.2, 0.25) is 0 Å². The van der Waals surface area contributed by atoms with Crippen LogP contribution in [-0.2, 0) is 9.53 Å². The monoisotopic (exact) mass is 509 g/mol. The van der Waals surface area contributed by atoms with E-state index in [1.807, 2.05) is 47.6 Å². The van der Waals surface area contributed by atoms with Crippen LogP contribution in [0.4, 0.5) is 5.69 Å². The molecule has 0 unspecified atom stereocenters. The molecule has 0 bridgehead atoms. The summed E-state index contributed by atoms with van der Waals surface area (Å²) in [5.74, 6) is 0.112. The first-order chi connectivity index (χ1) is 17.3. The second-order valence-electron chi connectivity index (χ2n) is 8.33. The molecule has 2 aromatic heterocycles. The van der Waals surface area contributed by atoms with Crippen molar-refractivity contribution in [3.63, 3.8) is 0 Å². The lowest BCUT2D eigenvalue weighted by Gasteiger charge is -2.27. The van der Waals surface area contributed by atoms with Crippen molar-refractivity contribution in [3.8, 4) is 11.4 Å². The topological polar surface area (TPSA) is 112 Å². The smallest absolute Gasteiger partial charge is 0.325 e. The molecular weight excluding hydrogens is 482 g/mol. The number of hydrogen-bond acceptors (Lipinski definition) is 7. The Labute approximate surface area is 214 Å². The molecule has 1 aliphatic rings. The van der Waals surface area contributed by atoms with E-state index >= 15 is 0 Å². The van der Waals surface area contributed by atoms with E-state index in [0.717, 1.165) is 22.6 Å². The van der Waals surface area contributed by atoms with Crippen molar-refractivity contribution in [1.82, 2.24) is 19.8 Å². The maximum atomic E-state index is 12.5. The van der Waals surface area contributed by atoms with E-state index < -0.39 is 4.92 Å². The Morgan fingerprint density at radius 3 is 2.67 bits per heavy atom. The van der Waals surface area contributed by atoms with Gasteiger partial charge in [0, 0.05) is 29.7 Å². The maximum absolute atomic E-state index is 12.5. The Bertz CT molecular complexity index is 1310. The number of methoxy groups -OCH3 is 1. The summed E-state index contributed by atoms with van der Waals surface area (Å²) in [5.41, 5.74) is 3.85. The van der Waals surface area contributed by atoms with E-state index in [1.165, 1.54) is 19.2 Å². The predicted octanol–water partition coefficient (Wildman–Crippen LogP) is 3.94. The molecule has 0 radical (unpaired) electrons. The van der Waals surface area contributed by atoms with Gasteiger partial charge in [0.15, 0.2) is 5.11 Å². The first-order valence-electron chi connectivity index (χ1n) is 11.4. The number of carbonyl (C=O) groups excluding carboxylic acids is 1. The molecule has 1 N–H and O–H groups in total. The number of nitrogens with zero attached hydrogens (tertiary/aromatic N) is 4. The van der Waals surface area contributed by atoms with Crippen LogP contribution < -0.4 is 10.1 Å². The van der Waals surface area contributed by atoms with Gasteiger partial charge in [0.1, 0.15) is 12.3 Å². The summed E-state index contributed by atoms with van der Waals surface area (Å²) >= 11 is 5.64. The number of rotatable bonds is 8. The first-order valence-corrected chi connectivity index (χ1v) is 11.8. The number of carbonyl (C=O) groups is 1. The third-order valence-electron chi connectivity index (χ3n) is 6.21. The van der Waals surface area contributed by atoms with Crippen LogP contribution in [-0.4, -0.2) is 50.7 Å². The molecule has 2 atom stereocenters. The molecule has 1 fully saturated rings. The highest BCUT2D eigenvalue weighted by atomic mass is 32.1. The number of nitro groups is 1. The molecule has 11 heteroatoms. The van der Waals surface area contributed by atoms with Crippen LogP contribution >= 0.6 is 12.2 Å². The van der Waals surface area contributed by atoms with Gasteiger partial charge in [0.05, 0.1) is 42.1 Å². The molecule has 36 heavy (non-hydrogen) atoms. The molecule has 188 valence electrons. The number of nitrogens with one attached hydrogen (secondary N) is 1. The van der Waals surface area contributed by atoms with Crippen molar-refractivity contribution < 1.29 is 19.2 Å². The quantitative estimate of drug-likeness (QED) is 0.209. The lowest BCUT2D eigenvalue weighted by Crippen LogP contribution is -2.35. The number of pyridine rings is 1. The lowest BCUT2D eigenvalue weighted by molar-refractivity contribution is -0.384. The number of benzene rings is 1. The second-order valence-corrected chi connectivity index (χ2v) is 8.72. The van der Waals surface area contributed by atoms with Crippen molar-refractivity contribution in [3.05, 3.63) is 81.4 Å². The Morgan fingerprint density at radius 2 is 2.03 bits per heavy atom. The zero-order valence-corrected chi connectivity index (χ0v) is 21.2. The summed E-state index contributed by atoms with van der Waals surface area (Å²) in [7, 11) is 1.53. The Balaban J connectivity index is 1.86. The van der Waals surface area contributed by atoms with Crippen molar-refractivity contribution in [2.45, 2.75) is 32.9 Å². The van der Waals surface area contributed by atoms with Gasteiger partial charge in [-0.05, 0) is 62.8 Å². The van der Waals surface area contributed by atoms with Gasteiger partial charge < -0.3 is 24.3 Å². The largest absolute Gasteiger partial charge is 0.495 e. The lowest BCUT2D eigenvalue weighted by atomic mass is 9.97. The van der Waals surface area contributed by atoms with Crippen LogP contribution in [0.3, 0.4) is 0 Å². The van der Waals surface area contributed by atoms with Gasteiger partial charge in [-0.15, -0.1) is 0 Å². The average Bonchev–Trinajstić information content (AvgIpc) is 3.33. The van der Waals surface area contributed by atoms with Gasteiger partial charge in [-0.2, -0.15) is 0 Å². The van der Waals surface area contributed by atoms with Crippen LogP contribution in [0.25, 0.3) is 5.69 Å². The van der Waals surface area contributed by atoms with Gasteiger partial charge >= 0.3 is 5.97 Å². The highest BCUT2D eigenvalue weighted by Gasteiger charge is 2.42. The molecule has 1 saturated heterocycles. The van der Waals surface area contributed by atoms with E-state index in [9.17, 15) is 14.9 Å². The number of non-ortho nitro benzene ring substituents is 1. The fourth-order valence-electron chi connectivity index (χ4n) is 4.68. The molecule has 4 rings (SSSR count). The predicted molar refractivity (Wildman–Crippen MR) is 137 cm³/mol. The molecule has 1 aromatic carbocycles. The standard InChI is InChI=1S/C25H27N5O5S/c1-5-35-22(31)14-28-24(23(27-25(28)36)19-8-6-7-11-26-19)18-12-15(2)29(16(18)3)20-13-17(30(32)33)9-10-21(20)34-4/h6-13,23-24H,5,14H2,1-4H3,(H,27,36)/t23-,24+/m1/s1. The Morgan fingerprint density at radius 1 is 1.25 bits per heavy atom. The molecule has 0 aliphatic carbocycles. The van der Waals surface area contributed by atoms with Crippen LogP contribution in [0, 0.1) is 24.0 Å². The molecule has 0 spiro atoms. The van der Waals surface area contributed by atoms with Crippen molar-refractivity contribution in [2.75, 3.05) is 20.3 Å². The number of aryl methyl sites for hydroxylation is 1. The van der Waals surface area contributed by atoms with Crippen LogP contribution in [0.5, 0.6) is 5.75 Å². The van der Waals surface area contributed by atoms with Gasteiger partial charge in [-0.25, -0.2) is 0 Å². The minimum Gasteiger partial charge on any atom is -0.495 e. The molecule has 0 saturated carbocycles. The van der Waals surface area contributed by atoms with Gasteiger partial charge in [-0.1, -0.05) is 6.07 Å². The fraction of sp³-hybridized carbons (Fsp3) is 0.320. The summed E-state index contributed by atoms with van der Waals surface area (Å²) in [6.45, 7) is 5.84. The second kappa shape index (κ2) is 10.3. The van der Waals surface area contributed by atoms with E-state index in [0.29, 0.717) is 16.5 Å². The van der Waals surface area contributed by atoms with Gasteiger partial charge in [-0.3, -0.25) is 19.9 Å². The zero-order valence-electron chi connectivity index (χ0n) is 20.4. The summed E-state index contributed by atoms with van der Waals surface area (Å²) in [4.78, 5) is 29.9. The van der Waals surface area contributed by atoms with E-state index in [1.54, 1.807) is 19.2 Å². The van der Waals surface area contributed by atoms with Crippen molar-refractivity contribution >= 4 is 29.0 Å². The molecule has 10 nitrogen and oxygen atoms in total. The number of aromatic nitrogens is 2. The van der Waals surface area contributed by atoms with Crippen molar-refractivity contribution in [1.29, 1.82) is 0 Å². The molecule has 1 aliphatic heterocycles. The summed E-state index contributed by atoms with van der Waals surface area (Å²) < 4.78 is 12.6. The van der Waals surface area contributed by atoms with E-state index in [2.05, 4.69) is 10.3 Å². The Kier molecular flexibility index (Phi) is 7.20. The summed E-state index contributed by atoms with van der Waals surface area (Å²) in [6.07, 6.45) is 1.71. The van der Waals surface area contributed by atoms with Crippen molar-refractivity contribution in [2.24, 2.45) is 0 Å². The number of esters is 1. The van der Waals surface area contributed by atoms with E-state index in [4.69, 9.17) is 21.7 Å². The molecule has 3 heterocycles. The third-order valence-corrected chi connectivity index (χ3v) is 6.56. The highest BCUT2D eigenvalue weighted by molar-refractivity contribution is 7.80. The van der Waals surface area contributed by atoms with Crippen LogP contribution in [0.2, 0.25) is 0 Å². The minimum absolute atomic E-state index is 0.0303. The maximum Gasteiger partial charge on any atom is 0.325 e. The molecule has 0 amide bonds. The average molecular weight is 510 g/mol. The summed E-state index contributed by atoms with van der Waals surface area (Å²) in [6, 6.07) is 11.4. The zero-order chi connectivity index (χ0) is 26.0. The number of nitro benzene ring substituents is 1. The number of thiocarbonyl (C=S) groups is 1. The first kappa shape index (κ1) is 25.1. The Hall–Kier alpha value is -3.99. The van der Waals surface area contributed by atoms with Crippen LogP contribution in [0.15, 0.2) is 48.7 Å². The SMILES string of the molecule is CCOC(=O)CN1C(=S)N[C@H](c2ccccn2)[C@@H]1c1cc(C)n(-c2cc([N+](=O)[O-])ccc2OC)c1C. The molecule has 3 aromatic rings. The minimum atomic E-state index is -0.435. The fourth-order valence-corrected chi connectivity index (χ4v) is 4.99. The molecular formula is C25H27N5O5S. The van der Waals surface area contributed by atoms with Gasteiger partial charge in [0.25, 0.3) is 5.69 Å². The third kappa shape index (κ3) is 4.61. The number of hydrogen-bond donors (Lipinski definition) is 1. The number of ether oxygens (including phenoxy) is 2.